The number of amides is 3. The standard InChI is InChI=1S/C27H27N3O3/c1-18-8-6-12-23(14-18)29-26(32)21-11-7-13-24(15-21)30-17-22(16-25(30)31)27(33)28-19(2)20-9-4-3-5-10-20/h3-15,19,22H,16-17H2,1-2H3,(H,28,33)(H,29,32)/t19-,22+/m1/s1. The second kappa shape index (κ2) is 9.69. The Kier molecular flexibility index (Phi) is 6.54. The third-order valence-corrected chi connectivity index (χ3v) is 5.85. The lowest BCUT2D eigenvalue weighted by Gasteiger charge is -2.19. The number of carbonyl (C=O) groups is 3. The molecule has 3 aromatic carbocycles. The Labute approximate surface area is 193 Å². The van der Waals surface area contributed by atoms with Gasteiger partial charge in [-0.2, -0.15) is 0 Å². The molecule has 1 saturated heterocycles. The lowest BCUT2D eigenvalue weighted by molar-refractivity contribution is -0.126. The van der Waals surface area contributed by atoms with Gasteiger partial charge in [-0.05, 0) is 55.3 Å². The van der Waals surface area contributed by atoms with Crippen molar-refractivity contribution in [3.8, 4) is 0 Å². The predicted octanol–water partition coefficient (Wildman–Crippen LogP) is 4.48. The van der Waals surface area contributed by atoms with Gasteiger partial charge in [0, 0.05) is 29.9 Å². The fourth-order valence-corrected chi connectivity index (χ4v) is 4.03. The number of rotatable bonds is 6. The van der Waals surface area contributed by atoms with Crippen molar-refractivity contribution in [1.29, 1.82) is 0 Å². The van der Waals surface area contributed by atoms with Gasteiger partial charge in [0.15, 0.2) is 0 Å². The largest absolute Gasteiger partial charge is 0.349 e. The van der Waals surface area contributed by atoms with Crippen molar-refractivity contribution >= 4 is 29.1 Å². The van der Waals surface area contributed by atoms with Gasteiger partial charge in [0.25, 0.3) is 5.91 Å². The molecule has 0 aliphatic carbocycles. The van der Waals surface area contributed by atoms with Gasteiger partial charge in [-0.25, -0.2) is 0 Å². The molecule has 6 nitrogen and oxygen atoms in total. The summed E-state index contributed by atoms with van der Waals surface area (Å²) < 4.78 is 0. The summed E-state index contributed by atoms with van der Waals surface area (Å²) in [5.41, 5.74) is 3.84. The molecule has 0 radical (unpaired) electrons. The monoisotopic (exact) mass is 441 g/mol. The number of anilines is 2. The Bertz CT molecular complexity index is 1180. The maximum atomic E-state index is 12.8. The summed E-state index contributed by atoms with van der Waals surface area (Å²) >= 11 is 0. The number of aryl methyl sites for hydroxylation is 1. The van der Waals surface area contributed by atoms with E-state index in [1.165, 1.54) is 0 Å². The van der Waals surface area contributed by atoms with E-state index in [1.54, 1.807) is 29.2 Å². The van der Waals surface area contributed by atoms with Gasteiger partial charge in [0.2, 0.25) is 11.8 Å². The molecule has 0 spiro atoms. The molecule has 2 N–H and O–H groups in total. The summed E-state index contributed by atoms with van der Waals surface area (Å²) in [6.07, 6.45) is 0.146. The van der Waals surface area contributed by atoms with E-state index in [9.17, 15) is 14.4 Å². The normalized spacial score (nSPS) is 16.4. The number of hydrogen-bond acceptors (Lipinski definition) is 3. The van der Waals surface area contributed by atoms with Crippen LogP contribution in [0.4, 0.5) is 11.4 Å². The first-order chi connectivity index (χ1) is 15.9. The summed E-state index contributed by atoms with van der Waals surface area (Å²) in [5.74, 6) is -0.956. The SMILES string of the molecule is Cc1cccc(NC(=O)c2cccc(N3C[C@@H](C(=O)N[C@H](C)c4ccccc4)CC3=O)c2)c1. The number of benzene rings is 3. The Hall–Kier alpha value is -3.93. The first-order valence-electron chi connectivity index (χ1n) is 11.0. The van der Waals surface area contributed by atoms with Crippen LogP contribution >= 0.6 is 0 Å². The topological polar surface area (TPSA) is 78.5 Å². The molecule has 1 aliphatic rings. The smallest absolute Gasteiger partial charge is 0.255 e. The van der Waals surface area contributed by atoms with Crippen molar-refractivity contribution < 1.29 is 14.4 Å². The summed E-state index contributed by atoms with van der Waals surface area (Å²) in [7, 11) is 0. The average Bonchev–Trinajstić information content (AvgIpc) is 3.21. The average molecular weight is 442 g/mol. The van der Waals surface area contributed by atoms with Crippen LogP contribution in [0, 0.1) is 12.8 Å². The van der Waals surface area contributed by atoms with Crippen LogP contribution in [0.1, 0.15) is 40.9 Å². The van der Waals surface area contributed by atoms with Crippen LogP contribution in [0.15, 0.2) is 78.9 Å². The van der Waals surface area contributed by atoms with Crippen LogP contribution in [0.2, 0.25) is 0 Å². The van der Waals surface area contributed by atoms with Gasteiger partial charge < -0.3 is 15.5 Å². The van der Waals surface area contributed by atoms with Gasteiger partial charge >= 0.3 is 0 Å². The van der Waals surface area contributed by atoms with Gasteiger partial charge in [-0.3, -0.25) is 14.4 Å². The highest BCUT2D eigenvalue weighted by Crippen LogP contribution is 2.27. The number of hydrogen-bond donors (Lipinski definition) is 2. The Morgan fingerprint density at radius 1 is 0.970 bits per heavy atom. The predicted molar refractivity (Wildman–Crippen MR) is 129 cm³/mol. The van der Waals surface area contributed by atoms with Crippen LogP contribution in [-0.2, 0) is 9.59 Å². The molecule has 3 aromatic rings. The molecule has 6 heteroatoms. The summed E-state index contributed by atoms with van der Waals surface area (Å²) in [6, 6.07) is 24.1. The van der Waals surface area contributed by atoms with Crippen molar-refractivity contribution in [3.05, 3.63) is 95.6 Å². The molecule has 0 aromatic heterocycles. The lowest BCUT2D eigenvalue weighted by atomic mass is 10.1. The highest BCUT2D eigenvalue weighted by molar-refractivity contribution is 6.06. The Balaban J connectivity index is 1.42. The summed E-state index contributed by atoms with van der Waals surface area (Å²) in [5, 5.41) is 5.90. The zero-order valence-corrected chi connectivity index (χ0v) is 18.7. The molecule has 168 valence electrons. The van der Waals surface area contributed by atoms with E-state index in [2.05, 4.69) is 10.6 Å². The first-order valence-corrected chi connectivity index (χ1v) is 11.0. The molecule has 3 amide bonds. The molecular formula is C27H27N3O3. The van der Waals surface area contributed by atoms with E-state index < -0.39 is 5.92 Å². The van der Waals surface area contributed by atoms with Crippen molar-refractivity contribution in [2.75, 3.05) is 16.8 Å². The van der Waals surface area contributed by atoms with E-state index in [0.29, 0.717) is 16.9 Å². The van der Waals surface area contributed by atoms with Crippen molar-refractivity contribution in [2.24, 2.45) is 5.92 Å². The van der Waals surface area contributed by atoms with Crippen molar-refractivity contribution in [1.82, 2.24) is 5.32 Å². The van der Waals surface area contributed by atoms with Gasteiger partial charge in [-0.1, -0.05) is 48.5 Å². The first kappa shape index (κ1) is 22.3. The Morgan fingerprint density at radius 3 is 2.48 bits per heavy atom. The molecule has 1 heterocycles. The number of nitrogens with zero attached hydrogens (tertiary/aromatic N) is 1. The van der Waals surface area contributed by atoms with Gasteiger partial charge in [0.05, 0.1) is 12.0 Å². The quantitative estimate of drug-likeness (QED) is 0.592. The molecule has 1 aliphatic heterocycles. The van der Waals surface area contributed by atoms with E-state index in [-0.39, 0.29) is 36.7 Å². The van der Waals surface area contributed by atoms with Crippen molar-refractivity contribution in [2.45, 2.75) is 26.3 Å². The molecule has 0 saturated carbocycles. The molecule has 0 unspecified atom stereocenters. The van der Waals surface area contributed by atoms with Gasteiger partial charge in [-0.15, -0.1) is 0 Å². The van der Waals surface area contributed by atoms with Crippen LogP contribution < -0.4 is 15.5 Å². The minimum atomic E-state index is -0.437. The molecule has 2 atom stereocenters. The maximum absolute atomic E-state index is 12.8. The van der Waals surface area contributed by atoms with E-state index in [1.807, 2.05) is 68.4 Å². The lowest BCUT2D eigenvalue weighted by Crippen LogP contribution is -2.34. The minimum Gasteiger partial charge on any atom is -0.349 e. The highest BCUT2D eigenvalue weighted by atomic mass is 16.2. The van der Waals surface area contributed by atoms with E-state index in [4.69, 9.17) is 0 Å². The van der Waals surface area contributed by atoms with Crippen LogP contribution in [0.5, 0.6) is 0 Å². The fraction of sp³-hybridized carbons (Fsp3) is 0.222. The zero-order valence-electron chi connectivity index (χ0n) is 18.7. The van der Waals surface area contributed by atoms with Crippen LogP contribution in [0.3, 0.4) is 0 Å². The zero-order chi connectivity index (χ0) is 23.4. The Morgan fingerprint density at radius 2 is 1.73 bits per heavy atom. The minimum absolute atomic E-state index is 0.126. The van der Waals surface area contributed by atoms with Crippen LogP contribution in [0.25, 0.3) is 0 Å². The third-order valence-electron chi connectivity index (χ3n) is 5.85. The molecule has 33 heavy (non-hydrogen) atoms. The number of nitrogens with one attached hydrogen (secondary N) is 2. The molecule has 4 rings (SSSR count). The third kappa shape index (κ3) is 5.29. The summed E-state index contributed by atoms with van der Waals surface area (Å²) in [6.45, 7) is 4.18. The van der Waals surface area contributed by atoms with Crippen molar-refractivity contribution in [3.63, 3.8) is 0 Å². The van der Waals surface area contributed by atoms with E-state index in [0.717, 1.165) is 11.1 Å². The number of carbonyl (C=O) groups excluding carboxylic acids is 3. The summed E-state index contributed by atoms with van der Waals surface area (Å²) in [4.78, 5) is 39.8. The molecule has 1 fully saturated rings. The van der Waals surface area contributed by atoms with Crippen LogP contribution in [-0.4, -0.2) is 24.3 Å². The van der Waals surface area contributed by atoms with Gasteiger partial charge in [0.1, 0.15) is 0 Å². The molecule has 0 bridgehead atoms. The highest BCUT2D eigenvalue weighted by Gasteiger charge is 2.35. The second-order valence-electron chi connectivity index (χ2n) is 8.42. The maximum Gasteiger partial charge on any atom is 0.255 e. The molecular weight excluding hydrogens is 414 g/mol. The van der Waals surface area contributed by atoms with E-state index >= 15 is 0 Å². The fourth-order valence-electron chi connectivity index (χ4n) is 4.03. The second-order valence-corrected chi connectivity index (χ2v) is 8.42.